The molecule has 0 radical (unpaired) electrons. The van der Waals surface area contributed by atoms with Gasteiger partial charge >= 0.3 is 6.09 Å². The molecule has 1 aromatic carbocycles. The highest BCUT2D eigenvalue weighted by molar-refractivity contribution is 5.87. The molecule has 2 saturated heterocycles. The van der Waals surface area contributed by atoms with Crippen molar-refractivity contribution < 1.29 is 9.53 Å². The lowest BCUT2D eigenvalue weighted by atomic mass is 10.2. The van der Waals surface area contributed by atoms with Gasteiger partial charge in [0.15, 0.2) is 0 Å². The number of nitrogens with zero attached hydrogens (tertiary/aromatic N) is 4. The summed E-state index contributed by atoms with van der Waals surface area (Å²) in [7, 11) is 0. The molecular formula is C20H21N5O2. The zero-order valence-corrected chi connectivity index (χ0v) is 14.9. The first-order valence-corrected chi connectivity index (χ1v) is 9.31. The van der Waals surface area contributed by atoms with Crippen LogP contribution in [0.4, 0.5) is 10.6 Å². The first-order chi connectivity index (χ1) is 13.3. The Balaban J connectivity index is 1.30. The lowest BCUT2D eigenvalue weighted by molar-refractivity contribution is 0.0733. The molecular weight excluding hydrogens is 342 g/mol. The van der Waals surface area contributed by atoms with E-state index >= 15 is 0 Å². The minimum absolute atomic E-state index is 0.163. The van der Waals surface area contributed by atoms with Crippen LogP contribution >= 0.6 is 0 Å². The summed E-state index contributed by atoms with van der Waals surface area (Å²) >= 11 is 0. The molecule has 7 nitrogen and oxygen atoms in total. The van der Waals surface area contributed by atoms with Gasteiger partial charge in [-0.05, 0) is 24.5 Å². The lowest BCUT2D eigenvalue weighted by Crippen LogP contribution is -2.56. The maximum Gasteiger partial charge on any atom is 0.410 e. The maximum absolute atomic E-state index is 12.7. The third kappa shape index (κ3) is 2.89. The zero-order valence-electron chi connectivity index (χ0n) is 14.9. The zero-order chi connectivity index (χ0) is 18.2. The van der Waals surface area contributed by atoms with Crippen LogP contribution in [0.5, 0.6) is 0 Å². The Morgan fingerprint density at radius 2 is 1.89 bits per heavy atom. The molecule has 7 heteroatoms. The lowest BCUT2D eigenvalue weighted by Gasteiger charge is -2.40. The molecule has 5 rings (SSSR count). The molecule has 0 spiro atoms. The number of aromatic amines is 1. The molecule has 0 unspecified atom stereocenters. The van der Waals surface area contributed by atoms with Gasteiger partial charge in [-0.25, -0.2) is 14.8 Å². The van der Waals surface area contributed by atoms with Crippen molar-refractivity contribution >= 4 is 22.9 Å². The van der Waals surface area contributed by atoms with Gasteiger partial charge in [0.2, 0.25) is 0 Å². The Kier molecular flexibility index (Phi) is 3.92. The highest BCUT2D eigenvalue weighted by Crippen LogP contribution is 2.34. The molecule has 2 bridgehead atoms. The summed E-state index contributed by atoms with van der Waals surface area (Å²) in [4.78, 5) is 28.8. The van der Waals surface area contributed by atoms with E-state index in [-0.39, 0.29) is 18.2 Å². The average Bonchev–Trinajstić information content (AvgIpc) is 3.29. The molecule has 138 valence electrons. The van der Waals surface area contributed by atoms with E-state index in [1.165, 1.54) is 0 Å². The van der Waals surface area contributed by atoms with Crippen LogP contribution in [0.2, 0.25) is 0 Å². The van der Waals surface area contributed by atoms with E-state index in [0.29, 0.717) is 6.61 Å². The minimum Gasteiger partial charge on any atom is -0.445 e. The first-order valence-electron chi connectivity index (χ1n) is 9.31. The number of benzene rings is 1. The summed E-state index contributed by atoms with van der Waals surface area (Å²) in [6.45, 7) is 1.86. The number of piperazine rings is 1. The van der Waals surface area contributed by atoms with Crippen molar-refractivity contribution in [3.63, 3.8) is 0 Å². The fourth-order valence-corrected chi connectivity index (χ4v) is 4.28. The normalized spacial score (nSPS) is 21.6. The molecule has 1 N–H and O–H groups in total. The van der Waals surface area contributed by atoms with Crippen molar-refractivity contribution in [3.8, 4) is 0 Å². The van der Waals surface area contributed by atoms with E-state index in [4.69, 9.17) is 4.74 Å². The van der Waals surface area contributed by atoms with Gasteiger partial charge in [0.1, 0.15) is 24.4 Å². The molecule has 2 aliphatic heterocycles. The van der Waals surface area contributed by atoms with Crippen molar-refractivity contribution in [3.05, 3.63) is 54.5 Å². The molecule has 2 atom stereocenters. The number of hydrogen-bond donors (Lipinski definition) is 1. The number of amides is 1. The fraction of sp³-hybridized carbons (Fsp3) is 0.350. The minimum atomic E-state index is -0.208. The molecule has 2 aromatic heterocycles. The maximum atomic E-state index is 12.7. The standard InChI is InChI=1S/C20H21N5O2/c26-20(27-12-14-4-2-1-3-5-14)25-15-6-7-16(25)11-24(10-15)19-17-8-9-21-18(17)22-13-23-19/h1-5,8-9,13,15-16H,6-7,10-12H2,(H,21,22,23)/t15-,16+. The molecule has 2 fully saturated rings. The molecule has 0 saturated carbocycles. The quantitative estimate of drug-likeness (QED) is 0.774. The molecule has 2 aliphatic rings. The second-order valence-electron chi connectivity index (χ2n) is 7.17. The Labute approximate surface area is 157 Å². The third-order valence-corrected chi connectivity index (χ3v) is 5.53. The Morgan fingerprint density at radius 3 is 2.67 bits per heavy atom. The summed E-state index contributed by atoms with van der Waals surface area (Å²) in [5.41, 5.74) is 1.85. The third-order valence-electron chi connectivity index (χ3n) is 5.53. The largest absolute Gasteiger partial charge is 0.445 e. The second-order valence-corrected chi connectivity index (χ2v) is 7.17. The van der Waals surface area contributed by atoms with Gasteiger partial charge in [-0.2, -0.15) is 0 Å². The summed E-state index contributed by atoms with van der Waals surface area (Å²) in [5, 5.41) is 1.03. The van der Waals surface area contributed by atoms with Crippen LogP contribution in [-0.4, -0.2) is 51.1 Å². The summed E-state index contributed by atoms with van der Waals surface area (Å²) < 4.78 is 5.59. The van der Waals surface area contributed by atoms with Crippen molar-refractivity contribution in [2.45, 2.75) is 31.5 Å². The van der Waals surface area contributed by atoms with Crippen LogP contribution in [0.15, 0.2) is 48.9 Å². The SMILES string of the molecule is O=C(OCc1ccccc1)N1[C@@H]2CC[C@H]1CN(c1ncnc3[nH]ccc13)C2. The molecule has 27 heavy (non-hydrogen) atoms. The number of anilines is 1. The molecule has 0 aliphatic carbocycles. The van der Waals surface area contributed by atoms with E-state index in [1.807, 2.05) is 47.5 Å². The van der Waals surface area contributed by atoms with Gasteiger partial charge in [0, 0.05) is 19.3 Å². The summed E-state index contributed by atoms with van der Waals surface area (Å²) in [6.07, 6.45) is 5.28. The number of carbonyl (C=O) groups excluding carboxylic acids is 1. The Bertz CT molecular complexity index is 943. The van der Waals surface area contributed by atoms with Gasteiger partial charge in [-0.15, -0.1) is 0 Å². The topological polar surface area (TPSA) is 74.3 Å². The van der Waals surface area contributed by atoms with Crippen molar-refractivity contribution in [2.75, 3.05) is 18.0 Å². The van der Waals surface area contributed by atoms with E-state index in [2.05, 4.69) is 19.9 Å². The number of hydrogen-bond acceptors (Lipinski definition) is 5. The van der Waals surface area contributed by atoms with Gasteiger partial charge in [-0.3, -0.25) is 4.90 Å². The predicted octanol–water partition coefficient (Wildman–Crippen LogP) is 2.95. The Morgan fingerprint density at radius 1 is 1.11 bits per heavy atom. The van der Waals surface area contributed by atoms with Crippen LogP contribution in [0.1, 0.15) is 18.4 Å². The van der Waals surface area contributed by atoms with Crippen LogP contribution in [0, 0.1) is 0 Å². The van der Waals surface area contributed by atoms with E-state index in [9.17, 15) is 4.79 Å². The predicted molar refractivity (Wildman–Crippen MR) is 101 cm³/mol. The number of rotatable bonds is 3. The highest BCUT2D eigenvalue weighted by atomic mass is 16.6. The van der Waals surface area contributed by atoms with Gasteiger partial charge in [0.05, 0.1) is 17.5 Å². The second kappa shape index (κ2) is 6.57. The number of nitrogens with one attached hydrogen (secondary N) is 1. The summed E-state index contributed by atoms with van der Waals surface area (Å²) in [6, 6.07) is 12.1. The molecule has 1 amide bonds. The number of fused-ring (bicyclic) bond motifs is 3. The van der Waals surface area contributed by atoms with Gasteiger partial charge in [-0.1, -0.05) is 30.3 Å². The number of aromatic nitrogens is 3. The van der Waals surface area contributed by atoms with Gasteiger partial charge < -0.3 is 14.6 Å². The monoisotopic (exact) mass is 363 g/mol. The molecule has 3 aromatic rings. The van der Waals surface area contributed by atoms with Crippen LogP contribution in [-0.2, 0) is 11.3 Å². The smallest absolute Gasteiger partial charge is 0.410 e. The number of ether oxygens (including phenoxy) is 1. The highest BCUT2D eigenvalue weighted by Gasteiger charge is 2.44. The van der Waals surface area contributed by atoms with Crippen LogP contribution in [0.25, 0.3) is 11.0 Å². The van der Waals surface area contributed by atoms with Crippen LogP contribution in [0.3, 0.4) is 0 Å². The average molecular weight is 363 g/mol. The van der Waals surface area contributed by atoms with Gasteiger partial charge in [0.25, 0.3) is 0 Å². The van der Waals surface area contributed by atoms with Crippen molar-refractivity contribution in [1.82, 2.24) is 19.9 Å². The fourth-order valence-electron chi connectivity index (χ4n) is 4.28. The van der Waals surface area contributed by atoms with E-state index < -0.39 is 0 Å². The summed E-state index contributed by atoms with van der Waals surface area (Å²) in [5.74, 6) is 0.940. The van der Waals surface area contributed by atoms with Crippen molar-refractivity contribution in [1.29, 1.82) is 0 Å². The number of H-pyrrole nitrogens is 1. The van der Waals surface area contributed by atoms with E-state index in [1.54, 1.807) is 6.33 Å². The van der Waals surface area contributed by atoms with Crippen LogP contribution < -0.4 is 4.90 Å². The van der Waals surface area contributed by atoms with Crippen molar-refractivity contribution in [2.24, 2.45) is 0 Å². The first kappa shape index (κ1) is 16.1. The Hall–Kier alpha value is -3.09. The number of carbonyl (C=O) groups is 1. The van der Waals surface area contributed by atoms with E-state index in [0.717, 1.165) is 48.3 Å². The molecule has 4 heterocycles.